The molecule has 0 aliphatic heterocycles. The number of hydrazine groups is 1. The van der Waals surface area contributed by atoms with Crippen LogP contribution in [0, 0.1) is 13.8 Å². The fraction of sp³-hybridized carbons (Fsp3) is 0.118. The van der Waals surface area contributed by atoms with Crippen molar-refractivity contribution in [1.82, 2.24) is 16.2 Å². The molecule has 0 saturated carbocycles. The number of furan rings is 1. The van der Waals surface area contributed by atoms with Gasteiger partial charge in [0.15, 0.2) is 5.11 Å². The van der Waals surface area contributed by atoms with Crippen LogP contribution in [0.3, 0.4) is 0 Å². The van der Waals surface area contributed by atoms with Crippen LogP contribution < -0.4 is 16.2 Å². The number of amides is 2. The molecule has 2 rings (SSSR count). The summed E-state index contributed by atoms with van der Waals surface area (Å²) in [5.74, 6) is 0.527. The van der Waals surface area contributed by atoms with Crippen molar-refractivity contribution in [1.29, 1.82) is 0 Å². The number of hydrogen-bond donors (Lipinski definition) is 3. The largest absolute Gasteiger partial charge is 0.462 e. The molecular weight excluding hydrogens is 326 g/mol. The molecule has 7 heteroatoms. The van der Waals surface area contributed by atoms with Gasteiger partial charge in [0.05, 0.1) is 0 Å². The van der Waals surface area contributed by atoms with E-state index in [2.05, 4.69) is 16.2 Å². The van der Waals surface area contributed by atoms with Gasteiger partial charge in [-0.05, 0) is 56.4 Å². The van der Waals surface area contributed by atoms with Crippen LogP contribution in [0.15, 0.2) is 46.9 Å². The van der Waals surface area contributed by atoms with E-state index in [4.69, 9.17) is 16.6 Å². The first-order valence-electron chi connectivity index (χ1n) is 7.16. The summed E-state index contributed by atoms with van der Waals surface area (Å²) in [6, 6.07) is 10.6. The van der Waals surface area contributed by atoms with Crippen molar-refractivity contribution in [2.45, 2.75) is 13.8 Å². The van der Waals surface area contributed by atoms with Crippen LogP contribution in [-0.4, -0.2) is 16.9 Å². The van der Waals surface area contributed by atoms with Gasteiger partial charge in [0, 0.05) is 11.6 Å². The first kappa shape index (κ1) is 17.4. The molecule has 0 saturated heterocycles. The van der Waals surface area contributed by atoms with Crippen LogP contribution >= 0.6 is 12.2 Å². The zero-order valence-corrected chi connectivity index (χ0v) is 14.1. The van der Waals surface area contributed by atoms with Gasteiger partial charge in [-0.1, -0.05) is 17.7 Å². The normalized spacial score (nSPS) is 10.4. The Morgan fingerprint density at radius 2 is 1.75 bits per heavy atom. The fourth-order valence-electron chi connectivity index (χ4n) is 1.78. The molecular formula is C17H17N3O3S. The highest BCUT2D eigenvalue weighted by molar-refractivity contribution is 7.80. The van der Waals surface area contributed by atoms with Gasteiger partial charge >= 0.3 is 0 Å². The molecule has 0 bridgehead atoms. The van der Waals surface area contributed by atoms with E-state index < -0.39 is 5.91 Å². The van der Waals surface area contributed by atoms with Crippen molar-refractivity contribution >= 4 is 35.2 Å². The van der Waals surface area contributed by atoms with Crippen molar-refractivity contribution < 1.29 is 14.0 Å². The maximum atomic E-state index is 11.9. The Morgan fingerprint density at radius 1 is 1.04 bits per heavy atom. The van der Waals surface area contributed by atoms with Crippen molar-refractivity contribution in [3.8, 4) is 0 Å². The molecule has 0 fully saturated rings. The Morgan fingerprint density at radius 3 is 2.38 bits per heavy atom. The number of thiocarbonyl (C=S) groups is 1. The number of nitrogens with one attached hydrogen (secondary N) is 3. The molecule has 3 N–H and O–H groups in total. The van der Waals surface area contributed by atoms with Crippen LogP contribution in [0.25, 0.3) is 6.08 Å². The van der Waals surface area contributed by atoms with Crippen LogP contribution in [0.4, 0.5) is 0 Å². The zero-order valence-electron chi connectivity index (χ0n) is 13.3. The summed E-state index contributed by atoms with van der Waals surface area (Å²) in [5.41, 5.74) is 6.42. The Labute approximate surface area is 144 Å². The number of carbonyl (C=O) groups excluding carboxylic acids is 2. The standard InChI is InChI=1S/C17H17N3O3S/c1-11-3-6-13(7-4-11)16(22)19-20-17(24)18-15(21)10-9-14-8-5-12(2)23-14/h3-10H,1-2H3,(H,19,22)(H2,18,20,21,24). The van der Waals surface area contributed by atoms with Gasteiger partial charge in [-0.3, -0.25) is 25.8 Å². The van der Waals surface area contributed by atoms with Gasteiger partial charge < -0.3 is 4.42 Å². The Kier molecular flexibility index (Phi) is 5.86. The summed E-state index contributed by atoms with van der Waals surface area (Å²) >= 11 is 4.94. The molecule has 0 unspecified atom stereocenters. The van der Waals surface area contributed by atoms with Gasteiger partial charge in [0.2, 0.25) is 5.91 Å². The average molecular weight is 343 g/mol. The molecule has 0 radical (unpaired) electrons. The minimum atomic E-state index is -0.439. The second-order valence-electron chi connectivity index (χ2n) is 5.05. The van der Waals surface area contributed by atoms with E-state index in [1.807, 2.05) is 26.0 Å². The quantitative estimate of drug-likeness (QED) is 0.452. The lowest BCUT2D eigenvalue weighted by Gasteiger charge is -2.09. The van der Waals surface area contributed by atoms with Gasteiger partial charge in [-0.25, -0.2) is 0 Å². The highest BCUT2D eigenvalue weighted by Gasteiger charge is 2.06. The van der Waals surface area contributed by atoms with Gasteiger partial charge in [0.25, 0.3) is 5.91 Å². The maximum Gasteiger partial charge on any atom is 0.269 e. The van der Waals surface area contributed by atoms with E-state index in [1.165, 1.54) is 12.2 Å². The van der Waals surface area contributed by atoms with E-state index in [0.29, 0.717) is 11.3 Å². The molecule has 0 aliphatic rings. The number of rotatable bonds is 3. The lowest BCUT2D eigenvalue weighted by molar-refractivity contribution is -0.115. The summed E-state index contributed by atoms with van der Waals surface area (Å²) in [6.45, 7) is 3.75. The highest BCUT2D eigenvalue weighted by atomic mass is 32.1. The Balaban J connectivity index is 1.78. The third-order valence-corrected chi connectivity index (χ3v) is 3.20. The summed E-state index contributed by atoms with van der Waals surface area (Å²) < 4.78 is 5.30. The number of aryl methyl sites for hydroxylation is 2. The number of carbonyl (C=O) groups is 2. The average Bonchev–Trinajstić information content (AvgIpc) is 2.97. The second kappa shape index (κ2) is 8.07. The molecule has 1 aromatic carbocycles. The Bertz CT molecular complexity index is 779. The fourth-order valence-corrected chi connectivity index (χ4v) is 1.93. The minimum absolute atomic E-state index is 0.0132. The molecule has 6 nitrogen and oxygen atoms in total. The Hall–Kier alpha value is -2.93. The van der Waals surface area contributed by atoms with Crippen LogP contribution in [0.2, 0.25) is 0 Å². The third kappa shape index (κ3) is 5.36. The van der Waals surface area contributed by atoms with Crippen molar-refractivity contribution in [3.63, 3.8) is 0 Å². The molecule has 0 aliphatic carbocycles. The summed E-state index contributed by atoms with van der Waals surface area (Å²) in [4.78, 5) is 23.6. The molecule has 0 spiro atoms. The predicted octanol–water partition coefficient (Wildman–Crippen LogP) is 2.25. The van der Waals surface area contributed by atoms with Crippen LogP contribution in [-0.2, 0) is 4.79 Å². The third-order valence-electron chi connectivity index (χ3n) is 3.00. The van der Waals surface area contributed by atoms with E-state index in [0.717, 1.165) is 11.3 Å². The second-order valence-corrected chi connectivity index (χ2v) is 5.45. The summed E-state index contributed by atoms with van der Waals surface area (Å²) in [6.07, 6.45) is 2.81. The van der Waals surface area contributed by atoms with E-state index >= 15 is 0 Å². The molecule has 1 aromatic heterocycles. The van der Waals surface area contributed by atoms with E-state index in [1.54, 1.807) is 24.3 Å². The molecule has 2 aromatic rings. The molecule has 1 heterocycles. The zero-order chi connectivity index (χ0) is 17.5. The monoisotopic (exact) mass is 343 g/mol. The first-order valence-corrected chi connectivity index (χ1v) is 7.57. The van der Waals surface area contributed by atoms with Crippen molar-refractivity contribution in [2.24, 2.45) is 0 Å². The van der Waals surface area contributed by atoms with E-state index in [9.17, 15) is 9.59 Å². The summed E-state index contributed by atoms with van der Waals surface area (Å²) in [5, 5.41) is 2.40. The number of hydrogen-bond acceptors (Lipinski definition) is 4. The maximum absolute atomic E-state index is 11.9. The van der Waals surface area contributed by atoms with Gasteiger partial charge in [-0.15, -0.1) is 0 Å². The molecule has 124 valence electrons. The van der Waals surface area contributed by atoms with Crippen LogP contribution in [0.5, 0.6) is 0 Å². The van der Waals surface area contributed by atoms with Crippen molar-refractivity contribution in [2.75, 3.05) is 0 Å². The smallest absolute Gasteiger partial charge is 0.269 e. The van der Waals surface area contributed by atoms with Crippen LogP contribution in [0.1, 0.15) is 27.4 Å². The molecule has 2 amide bonds. The minimum Gasteiger partial charge on any atom is -0.462 e. The highest BCUT2D eigenvalue weighted by Crippen LogP contribution is 2.07. The van der Waals surface area contributed by atoms with E-state index in [-0.39, 0.29) is 11.0 Å². The lowest BCUT2D eigenvalue weighted by atomic mass is 10.1. The first-order chi connectivity index (χ1) is 11.4. The number of benzene rings is 1. The molecule has 0 atom stereocenters. The predicted molar refractivity (Wildman–Crippen MR) is 95.0 cm³/mol. The van der Waals surface area contributed by atoms with Gasteiger partial charge in [-0.2, -0.15) is 0 Å². The van der Waals surface area contributed by atoms with Gasteiger partial charge in [0.1, 0.15) is 11.5 Å². The molecule has 24 heavy (non-hydrogen) atoms. The van der Waals surface area contributed by atoms with Crippen molar-refractivity contribution in [3.05, 3.63) is 65.1 Å². The summed E-state index contributed by atoms with van der Waals surface area (Å²) in [7, 11) is 0. The topological polar surface area (TPSA) is 83.4 Å². The lowest BCUT2D eigenvalue weighted by Crippen LogP contribution is -2.48. The SMILES string of the molecule is Cc1ccc(C(=O)NNC(=S)NC(=O)C=Cc2ccc(C)o2)cc1.